The van der Waals surface area contributed by atoms with E-state index in [4.69, 9.17) is 9.47 Å². The highest BCUT2D eigenvalue weighted by molar-refractivity contribution is 6.40. The lowest BCUT2D eigenvalue weighted by Gasteiger charge is -2.06. The number of hydrogen-bond acceptors (Lipinski definition) is 4. The molecule has 0 heterocycles. The number of benzene rings is 2. The summed E-state index contributed by atoms with van der Waals surface area (Å²) in [6.07, 6.45) is 0. The molecular formula is C18H18O4. The molecule has 0 unspecified atom stereocenters. The number of carbonyl (C=O) groups excluding carboxylic acids is 2. The maximum Gasteiger partial charge on any atom is 0.379 e. The molecule has 0 N–H and O–H groups in total. The van der Waals surface area contributed by atoms with Crippen molar-refractivity contribution in [2.24, 2.45) is 0 Å². The van der Waals surface area contributed by atoms with Crippen LogP contribution in [0.25, 0.3) is 11.1 Å². The average molecular weight is 298 g/mol. The molecule has 0 saturated carbocycles. The van der Waals surface area contributed by atoms with Gasteiger partial charge < -0.3 is 9.47 Å². The van der Waals surface area contributed by atoms with E-state index in [1.54, 1.807) is 19.1 Å². The van der Waals surface area contributed by atoms with Crippen LogP contribution in [0.4, 0.5) is 0 Å². The molecule has 114 valence electrons. The van der Waals surface area contributed by atoms with Gasteiger partial charge in [-0.2, -0.15) is 0 Å². The Morgan fingerprint density at radius 2 is 1.36 bits per heavy atom. The molecule has 0 bridgehead atoms. The van der Waals surface area contributed by atoms with Gasteiger partial charge in [0.15, 0.2) is 0 Å². The summed E-state index contributed by atoms with van der Waals surface area (Å²) in [6.45, 7) is 4.42. The van der Waals surface area contributed by atoms with Crippen molar-refractivity contribution in [2.75, 3.05) is 13.2 Å². The third-order valence-electron chi connectivity index (χ3n) is 3.11. The van der Waals surface area contributed by atoms with Crippen LogP contribution < -0.4 is 4.74 Å². The Morgan fingerprint density at radius 1 is 0.818 bits per heavy atom. The maximum absolute atomic E-state index is 11.8. The van der Waals surface area contributed by atoms with Crippen LogP contribution in [0.15, 0.2) is 48.5 Å². The zero-order valence-electron chi connectivity index (χ0n) is 12.7. The summed E-state index contributed by atoms with van der Waals surface area (Å²) in [5, 5.41) is 0. The molecule has 0 aliphatic carbocycles. The number of ether oxygens (including phenoxy) is 2. The zero-order valence-corrected chi connectivity index (χ0v) is 12.7. The van der Waals surface area contributed by atoms with Crippen molar-refractivity contribution in [3.63, 3.8) is 0 Å². The van der Waals surface area contributed by atoms with Crippen molar-refractivity contribution < 1.29 is 19.1 Å². The largest absolute Gasteiger partial charge is 0.494 e. The molecule has 0 aliphatic heterocycles. The van der Waals surface area contributed by atoms with E-state index in [2.05, 4.69) is 0 Å². The van der Waals surface area contributed by atoms with E-state index in [9.17, 15) is 9.59 Å². The van der Waals surface area contributed by atoms with Crippen molar-refractivity contribution in [1.82, 2.24) is 0 Å². The molecule has 2 rings (SSSR count). The van der Waals surface area contributed by atoms with Crippen LogP contribution in [0, 0.1) is 0 Å². The van der Waals surface area contributed by atoms with Gasteiger partial charge in [0.05, 0.1) is 13.2 Å². The highest BCUT2D eigenvalue weighted by Gasteiger charge is 2.17. The molecule has 0 spiro atoms. The Labute approximate surface area is 129 Å². The van der Waals surface area contributed by atoms with Crippen molar-refractivity contribution >= 4 is 11.8 Å². The van der Waals surface area contributed by atoms with E-state index in [-0.39, 0.29) is 6.61 Å². The third-order valence-corrected chi connectivity index (χ3v) is 3.11. The van der Waals surface area contributed by atoms with Gasteiger partial charge in [0, 0.05) is 5.56 Å². The molecule has 0 saturated heterocycles. The van der Waals surface area contributed by atoms with Crippen molar-refractivity contribution in [1.29, 1.82) is 0 Å². The predicted molar refractivity (Wildman–Crippen MR) is 84.0 cm³/mol. The number of hydrogen-bond donors (Lipinski definition) is 0. The Balaban J connectivity index is 2.14. The van der Waals surface area contributed by atoms with Crippen LogP contribution in [0.2, 0.25) is 0 Å². The minimum absolute atomic E-state index is 0.189. The molecule has 4 heteroatoms. The molecule has 4 nitrogen and oxygen atoms in total. The second kappa shape index (κ2) is 7.41. The SMILES string of the molecule is CCOC(=O)C(=O)c1ccc(-c2ccc(OCC)cc2)cc1. The summed E-state index contributed by atoms with van der Waals surface area (Å²) in [6, 6.07) is 14.6. The average Bonchev–Trinajstić information content (AvgIpc) is 2.55. The second-order valence-corrected chi connectivity index (χ2v) is 4.58. The summed E-state index contributed by atoms with van der Waals surface area (Å²) in [5.41, 5.74) is 2.30. The molecular weight excluding hydrogens is 280 g/mol. The highest BCUT2D eigenvalue weighted by Crippen LogP contribution is 2.23. The molecule has 0 aromatic heterocycles. The minimum atomic E-state index is -0.823. The van der Waals surface area contributed by atoms with Crippen molar-refractivity contribution in [3.05, 3.63) is 54.1 Å². The second-order valence-electron chi connectivity index (χ2n) is 4.58. The molecule has 0 aliphatic rings. The van der Waals surface area contributed by atoms with Gasteiger partial charge in [0.25, 0.3) is 5.78 Å². The predicted octanol–water partition coefficient (Wildman–Crippen LogP) is 3.50. The molecule has 0 fully saturated rings. The normalized spacial score (nSPS) is 10.1. The minimum Gasteiger partial charge on any atom is -0.494 e. The fourth-order valence-electron chi connectivity index (χ4n) is 2.04. The monoisotopic (exact) mass is 298 g/mol. The van der Waals surface area contributed by atoms with E-state index >= 15 is 0 Å². The smallest absolute Gasteiger partial charge is 0.379 e. The number of ketones is 1. The van der Waals surface area contributed by atoms with Crippen molar-refractivity contribution in [2.45, 2.75) is 13.8 Å². The van der Waals surface area contributed by atoms with Gasteiger partial charge in [-0.1, -0.05) is 36.4 Å². The first-order valence-corrected chi connectivity index (χ1v) is 7.20. The molecule has 0 atom stereocenters. The summed E-state index contributed by atoms with van der Waals surface area (Å²) in [5.74, 6) is -0.628. The number of carbonyl (C=O) groups is 2. The van der Waals surface area contributed by atoms with Gasteiger partial charge in [-0.25, -0.2) is 4.79 Å². The Hall–Kier alpha value is -2.62. The fourth-order valence-corrected chi connectivity index (χ4v) is 2.04. The molecule has 22 heavy (non-hydrogen) atoms. The van der Waals surface area contributed by atoms with Crippen LogP contribution in [0.5, 0.6) is 5.75 Å². The van der Waals surface area contributed by atoms with Crippen LogP contribution in [-0.2, 0) is 9.53 Å². The lowest BCUT2D eigenvalue weighted by atomic mass is 10.0. The van der Waals surface area contributed by atoms with Gasteiger partial charge in [0.1, 0.15) is 5.75 Å². The van der Waals surface area contributed by atoms with Gasteiger partial charge in [-0.05, 0) is 37.1 Å². The number of esters is 1. The lowest BCUT2D eigenvalue weighted by Crippen LogP contribution is -2.17. The van der Waals surface area contributed by atoms with Crippen LogP contribution >= 0.6 is 0 Å². The Kier molecular flexibility index (Phi) is 5.31. The topological polar surface area (TPSA) is 52.6 Å². The number of rotatable bonds is 6. The maximum atomic E-state index is 11.8. The lowest BCUT2D eigenvalue weighted by molar-refractivity contribution is -0.137. The van der Waals surface area contributed by atoms with E-state index in [1.807, 2.05) is 43.3 Å². The van der Waals surface area contributed by atoms with E-state index in [0.717, 1.165) is 16.9 Å². The van der Waals surface area contributed by atoms with E-state index < -0.39 is 11.8 Å². The van der Waals surface area contributed by atoms with Crippen LogP contribution in [0.1, 0.15) is 24.2 Å². The highest BCUT2D eigenvalue weighted by atomic mass is 16.5. The Bertz CT molecular complexity index is 642. The van der Waals surface area contributed by atoms with Crippen LogP contribution in [0.3, 0.4) is 0 Å². The van der Waals surface area contributed by atoms with Gasteiger partial charge >= 0.3 is 5.97 Å². The molecule has 2 aromatic carbocycles. The van der Waals surface area contributed by atoms with Crippen molar-refractivity contribution in [3.8, 4) is 16.9 Å². The molecule has 0 amide bonds. The third kappa shape index (κ3) is 3.73. The summed E-state index contributed by atoms with van der Waals surface area (Å²) in [4.78, 5) is 23.2. The Morgan fingerprint density at radius 3 is 1.86 bits per heavy atom. The van der Waals surface area contributed by atoms with E-state index in [1.165, 1.54) is 0 Å². The standard InChI is InChI=1S/C18H18O4/c1-3-21-16-11-9-14(10-12-16)13-5-7-15(8-6-13)17(19)18(20)22-4-2/h5-12H,3-4H2,1-2H3. The van der Waals surface area contributed by atoms with Gasteiger partial charge in [0.2, 0.25) is 0 Å². The van der Waals surface area contributed by atoms with Gasteiger partial charge in [-0.15, -0.1) is 0 Å². The van der Waals surface area contributed by atoms with Gasteiger partial charge in [-0.3, -0.25) is 4.79 Å². The van der Waals surface area contributed by atoms with E-state index in [0.29, 0.717) is 12.2 Å². The summed E-state index contributed by atoms with van der Waals surface area (Å²) >= 11 is 0. The summed E-state index contributed by atoms with van der Waals surface area (Å²) in [7, 11) is 0. The summed E-state index contributed by atoms with van der Waals surface area (Å²) < 4.78 is 10.1. The van der Waals surface area contributed by atoms with Crippen LogP contribution in [-0.4, -0.2) is 25.0 Å². The first-order valence-electron chi connectivity index (χ1n) is 7.20. The first kappa shape index (κ1) is 15.8. The molecule has 2 aromatic rings. The number of Topliss-reactive ketones (excluding diaryl/α,β-unsaturated/α-hetero) is 1. The molecule has 0 radical (unpaired) electrons. The zero-order chi connectivity index (χ0) is 15.9. The fraction of sp³-hybridized carbons (Fsp3) is 0.222. The quantitative estimate of drug-likeness (QED) is 0.465. The first-order chi connectivity index (χ1) is 10.7.